The number of benzene rings is 1. The summed E-state index contributed by atoms with van der Waals surface area (Å²) < 4.78 is 11.1. The van der Waals surface area contributed by atoms with Crippen LogP contribution in [0.25, 0.3) is 10.2 Å². The SMILES string of the molecule is CCOC(=O)c1sc2ncnc(Sc3nnc(NCc4ccc(OC)cc4)s3)c2c1C. The van der Waals surface area contributed by atoms with Crippen LogP contribution in [0.2, 0.25) is 0 Å². The van der Waals surface area contributed by atoms with Gasteiger partial charge >= 0.3 is 5.97 Å². The summed E-state index contributed by atoms with van der Waals surface area (Å²) in [7, 11) is 1.65. The second-order valence-electron chi connectivity index (χ2n) is 6.31. The van der Waals surface area contributed by atoms with Gasteiger partial charge in [0.2, 0.25) is 5.13 Å². The van der Waals surface area contributed by atoms with Gasteiger partial charge < -0.3 is 14.8 Å². The molecule has 11 heteroatoms. The van der Waals surface area contributed by atoms with Gasteiger partial charge in [0.05, 0.1) is 13.7 Å². The molecule has 4 aromatic rings. The normalized spacial score (nSPS) is 10.9. The largest absolute Gasteiger partial charge is 0.497 e. The summed E-state index contributed by atoms with van der Waals surface area (Å²) in [6.07, 6.45) is 1.50. The highest BCUT2D eigenvalue weighted by molar-refractivity contribution is 8.01. The van der Waals surface area contributed by atoms with Crippen molar-refractivity contribution in [3.63, 3.8) is 0 Å². The van der Waals surface area contributed by atoms with Gasteiger partial charge in [0.1, 0.15) is 26.8 Å². The van der Waals surface area contributed by atoms with Crippen molar-refractivity contribution >= 4 is 55.8 Å². The van der Waals surface area contributed by atoms with E-state index in [9.17, 15) is 4.79 Å². The topological polar surface area (TPSA) is 99.1 Å². The quantitative estimate of drug-likeness (QED) is 0.286. The minimum atomic E-state index is -0.333. The molecule has 0 bridgehead atoms. The van der Waals surface area contributed by atoms with E-state index in [0.29, 0.717) is 18.0 Å². The monoisotopic (exact) mass is 473 g/mol. The molecule has 0 spiro atoms. The Bertz CT molecular complexity index is 1210. The molecule has 0 radical (unpaired) electrons. The number of fused-ring (bicyclic) bond motifs is 1. The first-order valence-electron chi connectivity index (χ1n) is 9.38. The lowest BCUT2D eigenvalue weighted by Gasteiger charge is -2.04. The van der Waals surface area contributed by atoms with Crippen LogP contribution in [-0.2, 0) is 11.3 Å². The minimum absolute atomic E-state index is 0.330. The Labute approximate surface area is 191 Å². The second-order valence-corrected chi connectivity index (χ2v) is 9.52. The second kappa shape index (κ2) is 9.58. The molecule has 0 atom stereocenters. The number of methoxy groups -OCH3 is 1. The van der Waals surface area contributed by atoms with E-state index in [1.165, 1.54) is 40.8 Å². The van der Waals surface area contributed by atoms with Crippen LogP contribution in [0.1, 0.15) is 27.7 Å². The number of carbonyl (C=O) groups is 1. The molecule has 1 N–H and O–H groups in total. The number of nitrogens with one attached hydrogen (secondary N) is 1. The number of esters is 1. The van der Waals surface area contributed by atoms with Crippen LogP contribution in [0.5, 0.6) is 5.75 Å². The average Bonchev–Trinajstić information content (AvgIpc) is 3.37. The average molecular weight is 474 g/mol. The lowest BCUT2D eigenvalue weighted by Crippen LogP contribution is -2.03. The van der Waals surface area contributed by atoms with E-state index in [2.05, 4.69) is 25.5 Å². The summed E-state index contributed by atoms with van der Waals surface area (Å²) in [6, 6.07) is 7.85. The van der Waals surface area contributed by atoms with Gasteiger partial charge in [-0.25, -0.2) is 14.8 Å². The van der Waals surface area contributed by atoms with E-state index in [-0.39, 0.29) is 5.97 Å². The van der Waals surface area contributed by atoms with E-state index < -0.39 is 0 Å². The smallest absolute Gasteiger partial charge is 0.348 e. The van der Waals surface area contributed by atoms with Gasteiger partial charge in [0.15, 0.2) is 4.34 Å². The van der Waals surface area contributed by atoms with Crippen molar-refractivity contribution in [2.45, 2.75) is 29.8 Å². The fourth-order valence-corrected chi connectivity index (χ4v) is 5.75. The molecule has 0 fully saturated rings. The number of nitrogens with zero attached hydrogens (tertiary/aromatic N) is 4. The van der Waals surface area contributed by atoms with Crippen LogP contribution in [-0.4, -0.2) is 39.9 Å². The zero-order chi connectivity index (χ0) is 21.8. The number of anilines is 1. The maximum atomic E-state index is 12.2. The number of rotatable bonds is 8. The van der Waals surface area contributed by atoms with Crippen LogP contribution < -0.4 is 10.1 Å². The Morgan fingerprint density at radius 3 is 2.71 bits per heavy atom. The van der Waals surface area contributed by atoms with Gasteiger partial charge in [-0.3, -0.25) is 0 Å². The lowest BCUT2D eigenvalue weighted by atomic mass is 10.2. The number of hydrogen-bond acceptors (Lipinski definition) is 11. The maximum Gasteiger partial charge on any atom is 0.348 e. The highest BCUT2D eigenvalue weighted by atomic mass is 32.2. The van der Waals surface area contributed by atoms with Crippen LogP contribution in [0, 0.1) is 6.92 Å². The predicted molar refractivity (Wildman–Crippen MR) is 122 cm³/mol. The molecular formula is C20H19N5O3S3. The van der Waals surface area contributed by atoms with Crippen LogP contribution in [0.15, 0.2) is 40.0 Å². The van der Waals surface area contributed by atoms with Crippen molar-refractivity contribution < 1.29 is 14.3 Å². The number of thiophene rings is 1. The molecule has 0 saturated heterocycles. The molecule has 0 aliphatic carbocycles. The van der Waals surface area contributed by atoms with E-state index in [4.69, 9.17) is 9.47 Å². The van der Waals surface area contributed by atoms with Crippen molar-refractivity contribution in [3.8, 4) is 5.75 Å². The Kier molecular flexibility index (Phi) is 6.64. The van der Waals surface area contributed by atoms with Crippen molar-refractivity contribution in [2.24, 2.45) is 0 Å². The summed E-state index contributed by atoms with van der Waals surface area (Å²) in [4.78, 5) is 22.3. The zero-order valence-corrected chi connectivity index (χ0v) is 19.5. The molecule has 0 unspecified atom stereocenters. The maximum absolute atomic E-state index is 12.2. The zero-order valence-electron chi connectivity index (χ0n) is 17.0. The molecule has 1 aromatic carbocycles. The number of carbonyl (C=O) groups excluding carboxylic acids is 1. The van der Waals surface area contributed by atoms with Crippen molar-refractivity contribution in [2.75, 3.05) is 19.0 Å². The van der Waals surface area contributed by atoms with Crippen molar-refractivity contribution in [1.29, 1.82) is 0 Å². The Hall–Kier alpha value is -2.76. The summed E-state index contributed by atoms with van der Waals surface area (Å²) in [6.45, 7) is 4.64. The Balaban J connectivity index is 1.49. The van der Waals surface area contributed by atoms with Crippen molar-refractivity contribution in [1.82, 2.24) is 20.2 Å². The summed E-state index contributed by atoms with van der Waals surface area (Å²) in [5.74, 6) is 0.490. The van der Waals surface area contributed by atoms with Gasteiger partial charge in [0, 0.05) is 11.9 Å². The molecule has 0 aliphatic rings. The fraction of sp³-hybridized carbons (Fsp3) is 0.250. The van der Waals surface area contributed by atoms with Crippen molar-refractivity contribution in [3.05, 3.63) is 46.6 Å². The summed E-state index contributed by atoms with van der Waals surface area (Å²) in [5.41, 5.74) is 1.94. The third-order valence-corrected chi connectivity index (χ3v) is 7.46. The molecular weight excluding hydrogens is 454 g/mol. The molecule has 8 nitrogen and oxygen atoms in total. The summed E-state index contributed by atoms with van der Waals surface area (Å²) >= 11 is 4.17. The molecule has 31 heavy (non-hydrogen) atoms. The molecule has 0 aliphatic heterocycles. The molecule has 4 rings (SSSR count). The predicted octanol–water partition coefficient (Wildman–Crippen LogP) is 4.80. The number of hydrogen-bond donors (Lipinski definition) is 1. The third kappa shape index (κ3) is 4.78. The van der Waals surface area contributed by atoms with E-state index in [1.54, 1.807) is 14.0 Å². The molecule has 0 saturated carbocycles. The number of aromatic nitrogens is 4. The van der Waals surface area contributed by atoms with Gasteiger partial charge in [-0.1, -0.05) is 23.5 Å². The lowest BCUT2D eigenvalue weighted by molar-refractivity contribution is 0.0531. The van der Waals surface area contributed by atoms with Gasteiger partial charge in [0.25, 0.3) is 0 Å². The Morgan fingerprint density at radius 1 is 1.16 bits per heavy atom. The number of ether oxygens (including phenoxy) is 2. The van der Waals surface area contributed by atoms with Crippen LogP contribution in [0.3, 0.4) is 0 Å². The van der Waals surface area contributed by atoms with E-state index >= 15 is 0 Å². The first kappa shape index (κ1) is 21.5. The minimum Gasteiger partial charge on any atom is -0.497 e. The standard InChI is InChI=1S/C20H19N5O3S3/c1-4-28-18(26)15-11(2)14-16(29-15)22-10-23-17(14)30-20-25-24-19(31-20)21-9-12-5-7-13(27-3)8-6-12/h5-8,10H,4,9H2,1-3H3,(H,21,24). The third-order valence-electron chi connectivity index (χ3n) is 4.35. The summed E-state index contributed by atoms with van der Waals surface area (Å²) in [5, 5.41) is 14.1. The first-order chi connectivity index (χ1) is 15.1. The number of aryl methyl sites for hydroxylation is 1. The Morgan fingerprint density at radius 2 is 1.97 bits per heavy atom. The highest BCUT2D eigenvalue weighted by Crippen LogP contribution is 2.39. The van der Waals surface area contributed by atoms with Crippen LogP contribution in [0.4, 0.5) is 5.13 Å². The van der Waals surface area contributed by atoms with E-state index in [1.807, 2.05) is 31.2 Å². The molecule has 160 valence electrons. The first-order valence-corrected chi connectivity index (χ1v) is 11.8. The molecule has 0 amide bonds. The van der Waals surface area contributed by atoms with E-state index in [0.717, 1.165) is 41.6 Å². The van der Waals surface area contributed by atoms with Crippen LogP contribution >= 0.6 is 34.4 Å². The molecule has 3 heterocycles. The van der Waals surface area contributed by atoms with Gasteiger partial charge in [-0.05, 0) is 48.9 Å². The fourth-order valence-electron chi connectivity index (χ4n) is 2.83. The molecule has 3 aromatic heterocycles. The van der Waals surface area contributed by atoms with Gasteiger partial charge in [-0.2, -0.15) is 0 Å². The van der Waals surface area contributed by atoms with Gasteiger partial charge in [-0.15, -0.1) is 21.5 Å². The highest BCUT2D eigenvalue weighted by Gasteiger charge is 2.21.